The Morgan fingerprint density at radius 1 is 1.40 bits per heavy atom. The van der Waals surface area contributed by atoms with Crippen LogP contribution in [-0.4, -0.2) is 16.6 Å². The van der Waals surface area contributed by atoms with E-state index in [1.165, 1.54) is 6.07 Å². The molecule has 0 spiro atoms. The van der Waals surface area contributed by atoms with Crippen LogP contribution in [0.3, 0.4) is 0 Å². The molecule has 6 heteroatoms. The van der Waals surface area contributed by atoms with Crippen LogP contribution in [-0.2, 0) is 6.42 Å². The molecule has 2 aromatic rings. The fraction of sp³-hybridized carbons (Fsp3) is 0.429. The van der Waals surface area contributed by atoms with Crippen molar-refractivity contribution in [1.29, 1.82) is 5.26 Å². The predicted octanol–water partition coefficient (Wildman–Crippen LogP) is 2.20. The number of nitriles is 1. The summed E-state index contributed by atoms with van der Waals surface area (Å²) in [5.41, 5.74) is 0.371. The lowest BCUT2D eigenvalue weighted by atomic mass is 10.1. The van der Waals surface area contributed by atoms with Crippen LogP contribution in [0.5, 0.6) is 5.88 Å². The van der Waals surface area contributed by atoms with Crippen LogP contribution >= 0.6 is 0 Å². The molecule has 20 heavy (non-hydrogen) atoms. The highest BCUT2D eigenvalue weighted by atomic mass is 16.5. The molecule has 0 atom stereocenters. The fourth-order valence-electron chi connectivity index (χ4n) is 1.85. The van der Waals surface area contributed by atoms with Crippen LogP contribution in [0.2, 0.25) is 0 Å². The van der Waals surface area contributed by atoms with Gasteiger partial charge in [-0.15, -0.1) is 0 Å². The van der Waals surface area contributed by atoms with E-state index in [4.69, 9.17) is 14.4 Å². The van der Waals surface area contributed by atoms with E-state index in [-0.39, 0.29) is 11.5 Å². The first-order valence-corrected chi connectivity index (χ1v) is 6.57. The molecule has 0 bridgehead atoms. The van der Waals surface area contributed by atoms with Crippen molar-refractivity contribution in [2.24, 2.45) is 0 Å². The van der Waals surface area contributed by atoms with E-state index in [9.17, 15) is 4.79 Å². The molecule has 104 valence electrons. The van der Waals surface area contributed by atoms with E-state index in [0.29, 0.717) is 24.3 Å². The number of fused-ring (bicyclic) bond motifs is 1. The molecule has 2 rings (SSSR count). The van der Waals surface area contributed by atoms with E-state index in [2.05, 4.69) is 16.9 Å². The van der Waals surface area contributed by atoms with Crippen LogP contribution in [0, 0.1) is 11.3 Å². The number of rotatable bonds is 5. The summed E-state index contributed by atoms with van der Waals surface area (Å²) < 4.78 is 10.7. The van der Waals surface area contributed by atoms with Crippen molar-refractivity contribution < 1.29 is 9.15 Å². The van der Waals surface area contributed by atoms with Gasteiger partial charge in [0.25, 0.3) is 0 Å². The quantitative estimate of drug-likeness (QED) is 0.776. The van der Waals surface area contributed by atoms with Gasteiger partial charge < -0.3 is 9.15 Å². The first-order chi connectivity index (χ1) is 9.69. The summed E-state index contributed by atoms with van der Waals surface area (Å²) in [6.07, 6.45) is 2.50. The van der Waals surface area contributed by atoms with E-state index >= 15 is 0 Å². The Labute approximate surface area is 116 Å². The van der Waals surface area contributed by atoms with E-state index in [1.54, 1.807) is 0 Å². The Morgan fingerprint density at radius 3 is 2.85 bits per heavy atom. The van der Waals surface area contributed by atoms with Gasteiger partial charge in [-0.2, -0.15) is 15.2 Å². The van der Waals surface area contributed by atoms with Crippen LogP contribution in [0.15, 0.2) is 15.3 Å². The van der Waals surface area contributed by atoms with Gasteiger partial charge in [0.05, 0.1) is 6.61 Å². The minimum atomic E-state index is -0.489. The molecular weight excluding hydrogens is 258 g/mol. The van der Waals surface area contributed by atoms with Gasteiger partial charge in [0.2, 0.25) is 17.4 Å². The fourth-order valence-corrected chi connectivity index (χ4v) is 1.85. The van der Waals surface area contributed by atoms with Crippen molar-refractivity contribution in [2.75, 3.05) is 6.61 Å². The predicted molar refractivity (Wildman–Crippen MR) is 72.6 cm³/mol. The molecule has 0 unspecified atom stereocenters. The zero-order valence-corrected chi connectivity index (χ0v) is 11.5. The number of ether oxygens (including phenoxy) is 1. The SMILES string of the molecule is CCCCOc1nc(C#N)nc2oc(=O)cc(CC)c12. The number of hydrogen-bond acceptors (Lipinski definition) is 6. The third-order valence-corrected chi connectivity index (χ3v) is 2.87. The second-order valence-corrected chi connectivity index (χ2v) is 4.29. The van der Waals surface area contributed by atoms with Gasteiger partial charge >= 0.3 is 5.63 Å². The number of aromatic nitrogens is 2. The lowest BCUT2D eigenvalue weighted by Crippen LogP contribution is -2.07. The Kier molecular flexibility index (Phi) is 4.31. The Morgan fingerprint density at radius 2 is 2.20 bits per heavy atom. The molecule has 0 N–H and O–H groups in total. The van der Waals surface area contributed by atoms with Gasteiger partial charge in [-0.1, -0.05) is 20.3 Å². The zero-order chi connectivity index (χ0) is 14.5. The maximum Gasteiger partial charge on any atom is 0.337 e. The van der Waals surface area contributed by atoms with Crippen LogP contribution in [0.1, 0.15) is 38.1 Å². The standard InChI is InChI=1S/C14H15N3O3/c1-3-5-6-19-13-12-9(4-2)7-11(18)20-14(12)17-10(8-15)16-13/h7H,3-6H2,1-2H3. The topological polar surface area (TPSA) is 89.0 Å². The summed E-state index contributed by atoms with van der Waals surface area (Å²) in [4.78, 5) is 19.5. The molecule has 0 aliphatic carbocycles. The first kappa shape index (κ1) is 14.0. The molecule has 0 aliphatic heterocycles. The largest absolute Gasteiger partial charge is 0.477 e. The highest BCUT2D eigenvalue weighted by Gasteiger charge is 2.15. The van der Waals surface area contributed by atoms with Crippen molar-refractivity contribution in [2.45, 2.75) is 33.1 Å². The molecule has 0 saturated heterocycles. The summed E-state index contributed by atoms with van der Waals surface area (Å²) >= 11 is 0. The van der Waals surface area contributed by atoms with Crippen molar-refractivity contribution in [3.63, 3.8) is 0 Å². The zero-order valence-electron chi connectivity index (χ0n) is 11.5. The van der Waals surface area contributed by atoms with E-state index in [0.717, 1.165) is 18.4 Å². The molecule has 0 aromatic carbocycles. The second-order valence-electron chi connectivity index (χ2n) is 4.29. The van der Waals surface area contributed by atoms with E-state index < -0.39 is 5.63 Å². The molecule has 2 heterocycles. The van der Waals surface area contributed by atoms with Gasteiger partial charge in [0, 0.05) is 6.07 Å². The average Bonchev–Trinajstić information content (AvgIpc) is 2.45. The number of nitrogens with zero attached hydrogens (tertiary/aromatic N) is 3. The molecule has 0 saturated carbocycles. The summed E-state index contributed by atoms with van der Waals surface area (Å²) in [5, 5.41) is 9.51. The highest BCUT2D eigenvalue weighted by Crippen LogP contribution is 2.25. The second kappa shape index (κ2) is 6.15. The number of unbranched alkanes of at least 4 members (excludes halogenated alkanes) is 1. The van der Waals surface area contributed by atoms with Crippen LogP contribution in [0.4, 0.5) is 0 Å². The van der Waals surface area contributed by atoms with Crippen molar-refractivity contribution in [3.8, 4) is 11.9 Å². The third-order valence-electron chi connectivity index (χ3n) is 2.87. The summed E-state index contributed by atoms with van der Waals surface area (Å²) in [6, 6.07) is 3.25. The molecular formula is C14H15N3O3. The van der Waals surface area contributed by atoms with Crippen molar-refractivity contribution in [1.82, 2.24) is 9.97 Å². The normalized spacial score (nSPS) is 10.4. The van der Waals surface area contributed by atoms with Crippen molar-refractivity contribution in [3.05, 3.63) is 27.9 Å². The number of hydrogen-bond donors (Lipinski definition) is 0. The molecule has 6 nitrogen and oxygen atoms in total. The maximum atomic E-state index is 11.5. The first-order valence-electron chi connectivity index (χ1n) is 6.57. The highest BCUT2D eigenvalue weighted by molar-refractivity contribution is 5.82. The minimum absolute atomic E-state index is 0.0691. The molecule has 2 aromatic heterocycles. The lowest BCUT2D eigenvalue weighted by Gasteiger charge is -2.09. The molecule has 0 fully saturated rings. The Balaban J connectivity index is 2.63. The maximum absolute atomic E-state index is 11.5. The summed E-state index contributed by atoms with van der Waals surface area (Å²) in [6.45, 7) is 4.47. The molecule has 0 aliphatic rings. The van der Waals surface area contributed by atoms with Crippen LogP contribution < -0.4 is 10.4 Å². The lowest BCUT2D eigenvalue weighted by molar-refractivity contribution is 0.300. The third kappa shape index (κ3) is 2.77. The molecule has 0 radical (unpaired) electrons. The minimum Gasteiger partial charge on any atom is -0.477 e. The Bertz CT molecular complexity index is 716. The molecule has 0 amide bonds. The van der Waals surface area contributed by atoms with Gasteiger partial charge in [-0.3, -0.25) is 0 Å². The average molecular weight is 273 g/mol. The van der Waals surface area contributed by atoms with Gasteiger partial charge in [0.1, 0.15) is 11.5 Å². The van der Waals surface area contributed by atoms with Gasteiger partial charge in [-0.05, 0) is 18.4 Å². The summed E-state index contributed by atoms with van der Waals surface area (Å²) in [7, 11) is 0. The van der Waals surface area contributed by atoms with Crippen molar-refractivity contribution >= 4 is 11.1 Å². The number of aryl methyl sites for hydroxylation is 1. The Hall–Kier alpha value is -2.42. The van der Waals surface area contributed by atoms with Crippen LogP contribution in [0.25, 0.3) is 11.1 Å². The van der Waals surface area contributed by atoms with Gasteiger partial charge in [0.15, 0.2) is 0 Å². The smallest absolute Gasteiger partial charge is 0.337 e. The van der Waals surface area contributed by atoms with E-state index in [1.807, 2.05) is 13.0 Å². The van der Waals surface area contributed by atoms with Gasteiger partial charge in [-0.25, -0.2) is 4.79 Å². The monoisotopic (exact) mass is 273 g/mol. The summed E-state index contributed by atoms with van der Waals surface area (Å²) in [5.74, 6) is 0.237.